The van der Waals surface area contributed by atoms with E-state index in [4.69, 9.17) is 16.3 Å². The highest BCUT2D eigenvalue weighted by Crippen LogP contribution is 2.42. The number of fused-ring (bicyclic) bond motifs is 1. The smallest absolute Gasteiger partial charge is 0.225 e. The number of anilines is 1. The molecule has 1 aliphatic rings. The van der Waals surface area contributed by atoms with E-state index in [0.717, 1.165) is 60.1 Å². The molecule has 0 bridgehead atoms. The Morgan fingerprint density at radius 2 is 1.81 bits per heavy atom. The summed E-state index contributed by atoms with van der Waals surface area (Å²) in [5.74, 6) is 1.81. The number of likely N-dealkylation sites (N-methyl/N-ethyl adjacent to an activating group) is 1. The van der Waals surface area contributed by atoms with E-state index >= 15 is 0 Å². The number of hydrogen-bond acceptors (Lipinski definition) is 6. The number of ether oxygens (including phenoxy) is 1. The third kappa shape index (κ3) is 3.49. The van der Waals surface area contributed by atoms with Crippen LogP contribution in [0.5, 0.6) is 5.75 Å². The fourth-order valence-corrected chi connectivity index (χ4v) is 4.93. The molecule has 142 valence electrons. The van der Waals surface area contributed by atoms with Crippen molar-refractivity contribution in [3.63, 3.8) is 0 Å². The van der Waals surface area contributed by atoms with E-state index in [1.807, 2.05) is 12.1 Å². The third-order valence-corrected chi connectivity index (χ3v) is 6.35. The summed E-state index contributed by atoms with van der Waals surface area (Å²) in [7, 11) is 1.68. The summed E-state index contributed by atoms with van der Waals surface area (Å²) in [4.78, 5) is 16.1. The van der Waals surface area contributed by atoms with E-state index < -0.39 is 0 Å². The van der Waals surface area contributed by atoms with Crippen molar-refractivity contribution in [1.29, 1.82) is 0 Å². The zero-order valence-corrected chi connectivity index (χ0v) is 17.4. The molecular formula is C20H23ClN4OS. The Bertz CT molecular complexity index is 949. The highest BCUT2D eigenvalue weighted by Gasteiger charge is 2.24. The number of aromatic nitrogens is 2. The second-order valence-corrected chi connectivity index (χ2v) is 8.22. The summed E-state index contributed by atoms with van der Waals surface area (Å²) in [6.45, 7) is 9.42. The largest absolute Gasteiger partial charge is 0.497 e. The average molecular weight is 403 g/mol. The molecule has 0 saturated carbocycles. The van der Waals surface area contributed by atoms with Gasteiger partial charge in [-0.3, -0.25) is 0 Å². The van der Waals surface area contributed by atoms with Gasteiger partial charge in [-0.1, -0.05) is 19.1 Å². The molecule has 1 saturated heterocycles. The van der Waals surface area contributed by atoms with Gasteiger partial charge in [-0.2, -0.15) is 4.98 Å². The minimum atomic E-state index is 0.318. The van der Waals surface area contributed by atoms with Crippen LogP contribution in [0, 0.1) is 6.92 Å². The number of rotatable bonds is 4. The fraction of sp³-hybridized carbons (Fsp3) is 0.400. The first-order valence-electron chi connectivity index (χ1n) is 9.19. The molecule has 27 heavy (non-hydrogen) atoms. The third-order valence-electron chi connectivity index (χ3n) is 5.18. The highest BCUT2D eigenvalue weighted by atomic mass is 35.5. The van der Waals surface area contributed by atoms with Crippen molar-refractivity contribution >= 4 is 39.0 Å². The Labute approximate surface area is 168 Å². The van der Waals surface area contributed by atoms with Gasteiger partial charge in [0.05, 0.1) is 12.5 Å². The average Bonchev–Trinajstić information content (AvgIpc) is 3.03. The molecule has 1 aliphatic heterocycles. The van der Waals surface area contributed by atoms with E-state index in [0.29, 0.717) is 5.28 Å². The van der Waals surface area contributed by atoms with Crippen LogP contribution in [0.25, 0.3) is 21.3 Å². The maximum absolute atomic E-state index is 6.28. The van der Waals surface area contributed by atoms with Crippen molar-refractivity contribution < 1.29 is 4.74 Å². The van der Waals surface area contributed by atoms with E-state index in [-0.39, 0.29) is 0 Å². The highest BCUT2D eigenvalue weighted by molar-refractivity contribution is 7.19. The summed E-state index contributed by atoms with van der Waals surface area (Å²) in [5, 5.41) is 1.43. The molecule has 0 atom stereocenters. The van der Waals surface area contributed by atoms with Crippen molar-refractivity contribution in [3.8, 4) is 16.9 Å². The monoisotopic (exact) mass is 402 g/mol. The Morgan fingerprint density at radius 1 is 1.11 bits per heavy atom. The van der Waals surface area contributed by atoms with Gasteiger partial charge < -0.3 is 14.5 Å². The zero-order chi connectivity index (χ0) is 19.0. The first kappa shape index (κ1) is 18.5. The standard InChI is InChI=1S/C20H23ClN4OS/c1-4-24-9-11-25(12-10-24)18-17-16(14-5-7-15(26-3)8-6-14)13(2)27-19(17)23-20(21)22-18/h5-8H,4,9-12H2,1-3H3. The molecule has 0 N–H and O–H groups in total. The van der Waals surface area contributed by atoms with Gasteiger partial charge in [-0.25, -0.2) is 4.98 Å². The lowest BCUT2D eigenvalue weighted by atomic mass is 10.0. The maximum Gasteiger partial charge on any atom is 0.225 e. The molecule has 3 aromatic rings. The summed E-state index contributed by atoms with van der Waals surface area (Å²) in [6.07, 6.45) is 0. The predicted molar refractivity (Wildman–Crippen MR) is 113 cm³/mol. The molecule has 2 aromatic heterocycles. The quantitative estimate of drug-likeness (QED) is 0.602. The lowest BCUT2D eigenvalue weighted by Crippen LogP contribution is -2.46. The van der Waals surface area contributed by atoms with E-state index in [1.165, 1.54) is 10.4 Å². The Kier molecular flexibility index (Phi) is 5.21. The molecule has 1 fully saturated rings. The van der Waals surface area contributed by atoms with Crippen molar-refractivity contribution in [2.45, 2.75) is 13.8 Å². The molecule has 4 rings (SSSR count). The van der Waals surface area contributed by atoms with Gasteiger partial charge in [0.2, 0.25) is 5.28 Å². The molecule has 0 radical (unpaired) electrons. The molecule has 7 heteroatoms. The van der Waals surface area contributed by atoms with Gasteiger partial charge in [-0.05, 0) is 42.8 Å². The molecule has 0 aliphatic carbocycles. The number of halogens is 1. The summed E-state index contributed by atoms with van der Waals surface area (Å²) in [5.41, 5.74) is 2.35. The normalized spacial score (nSPS) is 15.5. The molecule has 5 nitrogen and oxygen atoms in total. The van der Waals surface area contributed by atoms with E-state index in [9.17, 15) is 0 Å². The number of benzene rings is 1. The van der Waals surface area contributed by atoms with Gasteiger partial charge in [0.1, 0.15) is 16.4 Å². The van der Waals surface area contributed by atoms with Crippen molar-refractivity contribution in [2.24, 2.45) is 0 Å². The number of piperazine rings is 1. The van der Waals surface area contributed by atoms with E-state index in [2.05, 4.69) is 45.7 Å². The molecule has 0 unspecified atom stereocenters. The van der Waals surface area contributed by atoms with Gasteiger partial charge in [0, 0.05) is 36.6 Å². The van der Waals surface area contributed by atoms with Gasteiger partial charge in [-0.15, -0.1) is 11.3 Å². The number of aryl methyl sites for hydroxylation is 1. The topological polar surface area (TPSA) is 41.5 Å². The Balaban J connectivity index is 1.83. The maximum atomic E-state index is 6.28. The Hall–Kier alpha value is -1.89. The number of nitrogens with zero attached hydrogens (tertiary/aromatic N) is 4. The van der Waals surface area contributed by atoms with Crippen molar-refractivity contribution in [3.05, 3.63) is 34.4 Å². The van der Waals surface area contributed by atoms with Crippen LogP contribution in [0.15, 0.2) is 24.3 Å². The lowest BCUT2D eigenvalue weighted by Gasteiger charge is -2.35. The SMILES string of the molecule is CCN1CCN(c2nc(Cl)nc3sc(C)c(-c4ccc(OC)cc4)c23)CC1. The fourth-order valence-electron chi connectivity index (χ4n) is 3.68. The first-order valence-corrected chi connectivity index (χ1v) is 10.4. The number of methoxy groups -OCH3 is 1. The molecular weight excluding hydrogens is 380 g/mol. The Morgan fingerprint density at radius 3 is 2.44 bits per heavy atom. The number of thiophene rings is 1. The van der Waals surface area contributed by atoms with Crippen LogP contribution in [0.3, 0.4) is 0 Å². The molecule has 0 amide bonds. The van der Waals surface area contributed by atoms with Crippen molar-refractivity contribution in [1.82, 2.24) is 14.9 Å². The predicted octanol–water partition coefficient (Wildman–Crippen LogP) is 4.47. The van der Waals surface area contributed by atoms with Crippen LogP contribution in [-0.4, -0.2) is 54.7 Å². The van der Waals surface area contributed by atoms with Crippen LogP contribution in [0.1, 0.15) is 11.8 Å². The zero-order valence-electron chi connectivity index (χ0n) is 15.8. The summed E-state index contributed by atoms with van der Waals surface area (Å²) in [6, 6.07) is 8.19. The van der Waals surface area contributed by atoms with Crippen LogP contribution in [-0.2, 0) is 0 Å². The second kappa shape index (κ2) is 7.62. The van der Waals surface area contributed by atoms with Crippen LogP contribution < -0.4 is 9.64 Å². The van der Waals surface area contributed by atoms with Gasteiger partial charge in [0.25, 0.3) is 0 Å². The minimum Gasteiger partial charge on any atom is -0.497 e. The minimum absolute atomic E-state index is 0.318. The number of hydrogen-bond donors (Lipinski definition) is 0. The molecule has 1 aromatic carbocycles. The van der Waals surface area contributed by atoms with Crippen molar-refractivity contribution in [2.75, 3.05) is 44.7 Å². The summed E-state index contributed by atoms with van der Waals surface area (Å²) >= 11 is 7.95. The van der Waals surface area contributed by atoms with Gasteiger partial charge in [0.15, 0.2) is 0 Å². The van der Waals surface area contributed by atoms with Crippen LogP contribution in [0.2, 0.25) is 5.28 Å². The summed E-state index contributed by atoms with van der Waals surface area (Å²) < 4.78 is 5.31. The van der Waals surface area contributed by atoms with Crippen LogP contribution in [0.4, 0.5) is 5.82 Å². The lowest BCUT2D eigenvalue weighted by molar-refractivity contribution is 0.271. The second-order valence-electron chi connectivity index (χ2n) is 6.68. The van der Waals surface area contributed by atoms with E-state index in [1.54, 1.807) is 18.4 Å². The molecule has 0 spiro atoms. The van der Waals surface area contributed by atoms with Gasteiger partial charge >= 0.3 is 0 Å². The first-order chi connectivity index (χ1) is 13.1. The molecule has 3 heterocycles. The van der Waals surface area contributed by atoms with Crippen LogP contribution >= 0.6 is 22.9 Å².